The highest BCUT2D eigenvalue weighted by atomic mass is 16.3. The average molecular weight is 736 g/mol. The van der Waals surface area contributed by atoms with Gasteiger partial charge in [-0.1, -0.05) is 225 Å². The molecule has 52 heavy (non-hydrogen) atoms. The Kier molecular flexibility index (Phi) is 42.1. The van der Waals surface area contributed by atoms with Crippen LogP contribution in [0.4, 0.5) is 0 Å². The van der Waals surface area contributed by atoms with E-state index in [0.717, 1.165) is 38.5 Å². The SMILES string of the molecule is CCCCCCCCCCCCCCCCCCCCC/C=C/CCCC(O)C(O)C(CO)NC(=O)CCCCCCCCCCCCCCCC. The van der Waals surface area contributed by atoms with Crippen LogP contribution in [0.5, 0.6) is 0 Å². The van der Waals surface area contributed by atoms with E-state index in [4.69, 9.17) is 0 Å². The molecular formula is C47H93NO4. The van der Waals surface area contributed by atoms with Crippen molar-refractivity contribution in [1.29, 1.82) is 0 Å². The number of hydrogen-bond donors (Lipinski definition) is 4. The molecule has 3 atom stereocenters. The number of rotatable bonds is 43. The van der Waals surface area contributed by atoms with E-state index in [2.05, 4.69) is 31.3 Å². The molecule has 0 bridgehead atoms. The highest BCUT2D eigenvalue weighted by molar-refractivity contribution is 5.76. The Hall–Kier alpha value is -0.910. The highest BCUT2D eigenvalue weighted by Gasteiger charge is 2.26. The summed E-state index contributed by atoms with van der Waals surface area (Å²) in [5.74, 6) is -0.151. The molecule has 1 amide bonds. The number of carbonyl (C=O) groups excluding carboxylic acids is 1. The number of carbonyl (C=O) groups is 1. The van der Waals surface area contributed by atoms with Crippen molar-refractivity contribution >= 4 is 5.91 Å². The van der Waals surface area contributed by atoms with Gasteiger partial charge in [0, 0.05) is 6.42 Å². The van der Waals surface area contributed by atoms with E-state index in [-0.39, 0.29) is 12.5 Å². The minimum Gasteiger partial charge on any atom is -0.394 e. The Morgan fingerprint density at radius 2 is 0.769 bits per heavy atom. The van der Waals surface area contributed by atoms with Crippen LogP contribution in [-0.4, -0.2) is 46.1 Å². The number of aliphatic hydroxyl groups is 3. The van der Waals surface area contributed by atoms with Gasteiger partial charge < -0.3 is 20.6 Å². The largest absolute Gasteiger partial charge is 0.394 e. The van der Waals surface area contributed by atoms with E-state index in [1.165, 1.54) is 193 Å². The first-order valence-electron chi connectivity index (χ1n) is 23.5. The molecule has 310 valence electrons. The Labute approximate surface area is 325 Å². The number of unbranched alkanes of at least 4 members (excludes halogenated alkanes) is 33. The predicted octanol–water partition coefficient (Wildman–Crippen LogP) is 13.6. The summed E-state index contributed by atoms with van der Waals surface area (Å²) in [6.45, 7) is 4.18. The van der Waals surface area contributed by atoms with Crippen LogP contribution in [-0.2, 0) is 4.79 Å². The zero-order chi connectivity index (χ0) is 38.0. The van der Waals surface area contributed by atoms with Gasteiger partial charge in [-0.05, 0) is 38.5 Å². The lowest BCUT2D eigenvalue weighted by Crippen LogP contribution is -2.50. The minimum absolute atomic E-state index is 0.151. The van der Waals surface area contributed by atoms with E-state index in [1.807, 2.05) is 0 Å². The van der Waals surface area contributed by atoms with Gasteiger partial charge in [0.2, 0.25) is 5.91 Å². The summed E-state index contributed by atoms with van der Waals surface area (Å²) in [5.41, 5.74) is 0. The van der Waals surface area contributed by atoms with Gasteiger partial charge >= 0.3 is 0 Å². The Morgan fingerprint density at radius 1 is 0.462 bits per heavy atom. The standard InChI is InChI=1S/C47H93NO4/c1-3-5-7-9-11-13-15-17-19-20-21-22-23-24-25-26-27-28-29-31-33-35-37-39-41-45(50)47(52)44(43-49)48-46(51)42-40-38-36-34-32-30-18-16-14-12-10-8-6-4-2/h33,35,44-45,47,49-50,52H,3-32,34,36-43H2,1-2H3,(H,48,51)/b35-33+. The van der Waals surface area contributed by atoms with Gasteiger partial charge in [-0.2, -0.15) is 0 Å². The van der Waals surface area contributed by atoms with Crippen LogP contribution in [0.15, 0.2) is 12.2 Å². The van der Waals surface area contributed by atoms with Gasteiger partial charge in [-0.15, -0.1) is 0 Å². The lowest BCUT2D eigenvalue weighted by molar-refractivity contribution is -0.124. The fourth-order valence-electron chi connectivity index (χ4n) is 7.46. The summed E-state index contributed by atoms with van der Waals surface area (Å²) in [4.78, 5) is 12.4. The zero-order valence-corrected chi connectivity index (χ0v) is 35.2. The molecule has 0 heterocycles. The van der Waals surface area contributed by atoms with Gasteiger partial charge in [0.15, 0.2) is 0 Å². The number of nitrogens with one attached hydrogen (secondary N) is 1. The third-order valence-electron chi connectivity index (χ3n) is 11.1. The molecule has 0 aromatic carbocycles. The van der Waals surface area contributed by atoms with Crippen LogP contribution in [0.3, 0.4) is 0 Å². The quantitative estimate of drug-likeness (QED) is 0.0371. The normalized spacial score (nSPS) is 13.6. The molecule has 0 radical (unpaired) electrons. The number of amides is 1. The zero-order valence-electron chi connectivity index (χ0n) is 35.2. The van der Waals surface area contributed by atoms with Gasteiger partial charge in [-0.25, -0.2) is 0 Å². The molecule has 0 saturated heterocycles. The minimum atomic E-state index is -1.15. The highest BCUT2D eigenvalue weighted by Crippen LogP contribution is 2.17. The van der Waals surface area contributed by atoms with Crippen molar-refractivity contribution in [3.05, 3.63) is 12.2 Å². The molecule has 0 fully saturated rings. The maximum Gasteiger partial charge on any atom is 0.220 e. The fraction of sp³-hybridized carbons (Fsp3) is 0.936. The van der Waals surface area contributed by atoms with Gasteiger partial charge in [0.25, 0.3) is 0 Å². The van der Waals surface area contributed by atoms with Gasteiger partial charge in [0.05, 0.1) is 18.8 Å². The molecule has 0 saturated carbocycles. The monoisotopic (exact) mass is 736 g/mol. The van der Waals surface area contributed by atoms with E-state index >= 15 is 0 Å². The number of aliphatic hydroxyl groups excluding tert-OH is 3. The summed E-state index contributed by atoms with van der Waals surface area (Å²) < 4.78 is 0. The molecule has 0 aromatic heterocycles. The van der Waals surface area contributed by atoms with Crippen LogP contribution < -0.4 is 5.32 Å². The topological polar surface area (TPSA) is 89.8 Å². The van der Waals surface area contributed by atoms with Crippen molar-refractivity contribution in [3.63, 3.8) is 0 Å². The van der Waals surface area contributed by atoms with Crippen molar-refractivity contribution in [2.45, 2.75) is 276 Å². The van der Waals surface area contributed by atoms with Crippen molar-refractivity contribution < 1.29 is 20.1 Å². The molecule has 0 aliphatic rings. The van der Waals surface area contributed by atoms with Crippen molar-refractivity contribution in [2.24, 2.45) is 0 Å². The van der Waals surface area contributed by atoms with Crippen LogP contribution in [0, 0.1) is 0 Å². The maximum absolute atomic E-state index is 12.4. The molecule has 0 spiro atoms. The fourth-order valence-corrected chi connectivity index (χ4v) is 7.46. The van der Waals surface area contributed by atoms with Crippen LogP contribution >= 0.6 is 0 Å². The lowest BCUT2D eigenvalue weighted by atomic mass is 10.0. The van der Waals surface area contributed by atoms with E-state index in [9.17, 15) is 20.1 Å². The summed E-state index contributed by atoms with van der Waals surface area (Å²) in [5, 5.41) is 33.5. The van der Waals surface area contributed by atoms with Crippen LogP contribution in [0.2, 0.25) is 0 Å². The van der Waals surface area contributed by atoms with E-state index in [0.29, 0.717) is 12.8 Å². The number of allylic oxidation sites excluding steroid dienone is 2. The first-order chi connectivity index (χ1) is 25.6. The summed E-state index contributed by atoms with van der Waals surface area (Å²) >= 11 is 0. The van der Waals surface area contributed by atoms with Gasteiger partial charge in [0.1, 0.15) is 6.10 Å². The third-order valence-corrected chi connectivity index (χ3v) is 11.1. The molecule has 0 rings (SSSR count). The molecule has 0 aliphatic heterocycles. The molecule has 0 aromatic rings. The van der Waals surface area contributed by atoms with Gasteiger partial charge in [-0.3, -0.25) is 4.79 Å². The summed E-state index contributed by atoms with van der Waals surface area (Å²) in [6, 6.07) is -0.820. The molecular weight excluding hydrogens is 643 g/mol. The second-order valence-electron chi connectivity index (χ2n) is 16.3. The second kappa shape index (κ2) is 42.8. The van der Waals surface area contributed by atoms with Crippen molar-refractivity contribution in [1.82, 2.24) is 5.32 Å². The van der Waals surface area contributed by atoms with Crippen molar-refractivity contribution in [2.75, 3.05) is 6.61 Å². The molecule has 5 nitrogen and oxygen atoms in total. The Balaban J connectivity index is 3.59. The first-order valence-corrected chi connectivity index (χ1v) is 23.5. The molecule has 4 N–H and O–H groups in total. The number of hydrogen-bond acceptors (Lipinski definition) is 4. The smallest absolute Gasteiger partial charge is 0.220 e. The lowest BCUT2D eigenvalue weighted by Gasteiger charge is -2.26. The third kappa shape index (κ3) is 37.4. The summed E-state index contributed by atoms with van der Waals surface area (Å²) in [7, 11) is 0. The van der Waals surface area contributed by atoms with Crippen LogP contribution in [0.1, 0.15) is 258 Å². The Bertz CT molecular complexity index is 728. The molecule has 3 unspecified atom stereocenters. The van der Waals surface area contributed by atoms with E-state index in [1.54, 1.807) is 0 Å². The second-order valence-corrected chi connectivity index (χ2v) is 16.3. The average Bonchev–Trinajstić information content (AvgIpc) is 3.15. The van der Waals surface area contributed by atoms with Crippen LogP contribution in [0.25, 0.3) is 0 Å². The molecule has 0 aliphatic carbocycles. The first kappa shape index (κ1) is 51.1. The van der Waals surface area contributed by atoms with E-state index < -0.39 is 18.2 Å². The maximum atomic E-state index is 12.4. The summed E-state index contributed by atoms with van der Waals surface area (Å²) in [6.07, 6.45) is 50.5. The van der Waals surface area contributed by atoms with Crippen molar-refractivity contribution in [3.8, 4) is 0 Å². The Morgan fingerprint density at radius 3 is 1.12 bits per heavy atom. The predicted molar refractivity (Wildman–Crippen MR) is 227 cm³/mol. The molecule has 5 heteroatoms.